The molecule has 0 fully saturated rings. The average molecular weight is 431 g/mol. The topological polar surface area (TPSA) is 69.6 Å². The van der Waals surface area contributed by atoms with Crippen molar-refractivity contribution in [3.8, 4) is 5.75 Å². The maximum atomic E-state index is 12.9. The van der Waals surface area contributed by atoms with Gasteiger partial charge in [-0.2, -0.15) is 0 Å². The first-order valence-electron chi connectivity index (χ1n) is 7.98. The van der Waals surface area contributed by atoms with Crippen molar-refractivity contribution < 1.29 is 17.9 Å². The van der Waals surface area contributed by atoms with Gasteiger partial charge in [0.1, 0.15) is 10.4 Å². The van der Waals surface area contributed by atoms with Gasteiger partial charge in [0, 0.05) is 32.5 Å². The third kappa shape index (κ3) is 5.31. The van der Waals surface area contributed by atoms with Gasteiger partial charge >= 0.3 is 0 Å². The van der Waals surface area contributed by atoms with Crippen LogP contribution in [0.15, 0.2) is 46.0 Å². The maximum Gasteiger partial charge on any atom is 0.268 e. The molecular weight excluding hydrogens is 408 g/mol. The Balaban J connectivity index is 2.15. The highest BCUT2D eigenvalue weighted by atomic mass is 79.9. The lowest BCUT2D eigenvalue weighted by Crippen LogP contribution is -2.13. The lowest BCUT2D eigenvalue weighted by atomic mass is 10.3. The molecule has 0 amide bonds. The fourth-order valence-electron chi connectivity index (χ4n) is 2.33. The largest absolute Gasteiger partial charge is 0.494 e. The summed E-state index contributed by atoms with van der Waals surface area (Å²) in [6.07, 6.45) is 3.36. The summed E-state index contributed by atoms with van der Waals surface area (Å²) in [5, 5.41) is 3.00. The number of hydrogen-bond donors (Lipinski definition) is 1. The molecule has 0 saturated carbocycles. The van der Waals surface area contributed by atoms with Crippen LogP contribution in [0.2, 0.25) is 0 Å². The van der Waals surface area contributed by atoms with Gasteiger partial charge in [0.25, 0.3) is 10.0 Å². The monoisotopic (exact) mass is 430 g/mol. The van der Waals surface area contributed by atoms with Crippen LogP contribution in [0.25, 0.3) is 0 Å². The van der Waals surface area contributed by atoms with E-state index >= 15 is 0 Å². The van der Waals surface area contributed by atoms with Crippen LogP contribution in [0.5, 0.6) is 5.75 Å². The Bertz CT molecular complexity index is 790. The molecule has 1 aromatic carbocycles. The minimum atomic E-state index is -3.69. The van der Waals surface area contributed by atoms with Crippen LogP contribution in [0.3, 0.4) is 0 Å². The van der Waals surface area contributed by atoms with Gasteiger partial charge in [0.05, 0.1) is 11.5 Å². The van der Waals surface area contributed by atoms with E-state index in [-0.39, 0.29) is 4.90 Å². The number of hydrogen-bond acceptors (Lipinski definition) is 5. The van der Waals surface area contributed by atoms with Crippen LogP contribution in [0.4, 0.5) is 0 Å². The summed E-state index contributed by atoms with van der Waals surface area (Å²) < 4.78 is 38.1. The van der Waals surface area contributed by atoms with E-state index < -0.39 is 10.0 Å². The molecule has 1 N–H and O–H groups in total. The first-order valence-corrected chi connectivity index (χ1v) is 10.2. The number of unbranched alkanes of at least 4 members (excludes halogenated alkanes) is 1. The summed E-state index contributed by atoms with van der Waals surface area (Å²) in [4.78, 5) is 0.189. The molecule has 2 rings (SSSR count). The van der Waals surface area contributed by atoms with Crippen LogP contribution in [0.1, 0.15) is 18.4 Å². The summed E-state index contributed by atoms with van der Waals surface area (Å²) in [5.41, 5.74) is 0.878. The zero-order valence-electron chi connectivity index (χ0n) is 14.4. The summed E-state index contributed by atoms with van der Waals surface area (Å²) in [5.74, 6) is 0.539. The van der Waals surface area contributed by atoms with Crippen molar-refractivity contribution in [2.24, 2.45) is 0 Å². The second-order valence-electron chi connectivity index (χ2n) is 5.53. The van der Waals surface area contributed by atoms with Crippen molar-refractivity contribution in [1.82, 2.24) is 9.29 Å². The van der Waals surface area contributed by atoms with Crippen LogP contribution in [0, 0.1) is 0 Å². The molecule has 2 aromatic rings. The van der Waals surface area contributed by atoms with Gasteiger partial charge in [-0.25, -0.2) is 12.4 Å². The zero-order valence-corrected chi connectivity index (χ0v) is 16.8. The number of methoxy groups -OCH3 is 1. The molecule has 0 bridgehead atoms. The third-order valence-corrected chi connectivity index (χ3v) is 6.07. The molecule has 0 spiro atoms. The minimum absolute atomic E-state index is 0.189. The number of aromatic nitrogens is 1. The standard InChI is InChI=1S/C17H23BrN2O4S/c1-19-12-14-10-17(18)20(13-14)25(21,22)16-7-5-6-15(11-16)24-9-4-3-8-23-2/h5-7,10-11,13,19H,3-4,8-9,12H2,1-2H3. The van der Waals surface area contributed by atoms with Gasteiger partial charge in [-0.05, 0) is 59.6 Å². The molecule has 6 nitrogen and oxygen atoms in total. The highest BCUT2D eigenvalue weighted by Gasteiger charge is 2.20. The molecule has 0 aliphatic carbocycles. The van der Waals surface area contributed by atoms with E-state index in [1.807, 2.05) is 7.05 Å². The van der Waals surface area contributed by atoms with Crippen LogP contribution in [-0.2, 0) is 21.3 Å². The molecule has 0 saturated heterocycles. The molecule has 1 heterocycles. The second-order valence-corrected chi connectivity index (χ2v) is 8.15. The predicted molar refractivity (Wildman–Crippen MR) is 101 cm³/mol. The molecule has 0 atom stereocenters. The first kappa shape index (κ1) is 20.0. The summed E-state index contributed by atoms with van der Waals surface area (Å²) in [6.45, 7) is 1.80. The average Bonchev–Trinajstić information content (AvgIpc) is 2.96. The molecule has 8 heteroatoms. The van der Waals surface area contributed by atoms with Crippen molar-refractivity contribution in [3.63, 3.8) is 0 Å². The van der Waals surface area contributed by atoms with Gasteiger partial charge < -0.3 is 14.8 Å². The molecule has 0 aliphatic heterocycles. The van der Waals surface area contributed by atoms with Crippen molar-refractivity contribution in [3.05, 3.63) is 46.7 Å². The molecular formula is C17H23BrN2O4S. The third-order valence-electron chi connectivity index (χ3n) is 3.55. The highest BCUT2D eigenvalue weighted by molar-refractivity contribution is 9.10. The smallest absolute Gasteiger partial charge is 0.268 e. The minimum Gasteiger partial charge on any atom is -0.494 e. The Labute approximate surface area is 157 Å². The lowest BCUT2D eigenvalue weighted by Gasteiger charge is -2.10. The number of ether oxygens (including phenoxy) is 2. The molecule has 1 aromatic heterocycles. The Hall–Kier alpha value is -1.35. The van der Waals surface area contributed by atoms with Crippen LogP contribution in [-0.4, -0.2) is 39.8 Å². The lowest BCUT2D eigenvalue weighted by molar-refractivity contribution is 0.184. The van der Waals surface area contributed by atoms with E-state index in [1.54, 1.807) is 43.6 Å². The molecule has 138 valence electrons. The van der Waals surface area contributed by atoms with E-state index in [1.165, 1.54) is 3.97 Å². The maximum absolute atomic E-state index is 12.9. The number of nitrogens with one attached hydrogen (secondary N) is 1. The van der Waals surface area contributed by atoms with Gasteiger partial charge in [-0.15, -0.1) is 0 Å². The van der Waals surface area contributed by atoms with Gasteiger partial charge in [-0.1, -0.05) is 6.07 Å². The second kappa shape index (κ2) is 9.38. The summed E-state index contributed by atoms with van der Waals surface area (Å²) >= 11 is 3.32. The zero-order chi connectivity index (χ0) is 18.3. The Morgan fingerprint density at radius 3 is 2.68 bits per heavy atom. The van der Waals surface area contributed by atoms with Gasteiger partial charge in [0.15, 0.2) is 0 Å². The number of rotatable bonds is 10. The van der Waals surface area contributed by atoms with Crippen LogP contribution < -0.4 is 10.1 Å². The number of benzene rings is 1. The first-order chi connectivity index (χ1) is 12.0. The quantitative estimate of drug-likeness (QED) is 0.586. The Morgan fingerprint density at radius 2 is 1.96 bits per heavy atom. The van der Waals surface area contributed by atoms with E-state index in [0.29, 0.717) is 30.1 Å². The SMILES string of the molecule is CNCc1cc(Br)n(S(=O)(=O)c2cccc(OCCCCOC)c2)c1. The summed E-state index contributed by atoms with van der Waals surface area (Å²) in [6, 6.07) is 8.34. The van der Waals surface area contributed by atoms with Crippen LogP contribution >= 0.6 is 15.9 Å². The van der Waals surface area contributed by atoms with Crippen molar-refractivity contribution in [2.75, 3.05) is 27.4 Å². The number of nitrogens with zero attached hydrogens (tertiary/aromatic N) is 1. The Kier molecular flexibility index (Phi) is 7.49. The van der Waals surface area contributed by atoms with Crippen molar-refractivity contribution in [2.45, 2.75) is 24.3 Å². The van der Waals surface area contributed by atoms with Gasteiger partial charge in [-0.3, -0.25) is 0 Å². The van der Waals surface area contributed by atoms with E-state index in [9.17, 15) is 8.42 Å². The fourth-order valence-corrected chi connectivity index (χ4v) is 4.60. The van der Waals surface area contributed by atoms with Gasteiger partial charge in [0.2, 0.25) is 0 Å². The Morgan fingerprint density at radius 1 is 1.20 bits per heavy atom. The predicted octanol–water partition coefficient (Wildman–Crippen LogP) is 3.01. The summed E-state index contributed by atoms with van der Waals surface area (Å²) in [7, 11) is -0.211. The van der Waals surface area contributed by atoms with E-state index in [4.69, 9.17) is 9.47 Å². The van der Waals surface area contributed by atoms with E-state index in [2.05, 4.69) is 21.2 Å². The van der Waals surface area contributed by atoms with E-state index in [0.717, 1.165) is 18.4 Å². The molecule has 25 heavy (non-hydrogen) atoms. The highest BCUT2D eigenvalue weighted by Crippen LogP contribution is 2.25. The molecule has 0 aliphatic rings. The normalized spacial score (nSPS) is 11.6. The van der Waals surface area contributed by atoms with Crippen molar-refractivity contribution >= 4 is 26.0 Å². The molecule has 0 unspecified atom stereocenters. The fraction of sp³-hybridized carbons (Fsp3) is 0.412. The molecule has 0 radical (unpaired) electrons. The number of halogens is 1. The van der Waals surface area contributed by atoms with Crippen molar-refractivity contribution in [1.29, 1.82) is 0 Å².